The summed E-state index contributed by atoms with van der Waals surface area (Å²) in [7, 11) is 0. The number of amides is 1. The van der Waals surface area contributed by atoms with Gasteiger partial charge in [-0.05, 0) is 12.1 Å². The van der Waals surface area contributed by atoms with Crippen molar-refractivity contribution in [1.29, 1.82) is 0 Å². The van der Waals surface area contributed by atoms with Gasteiger partial charge in [0.05, 0.1) is 16.8 Å². The summed E-state index contributed by atoms with van der Waals surface area (Å²) in [4.78, 5) is 21.2. The number of hydrogen-bond acceptors (Lipinski definition) is 5. The molecule has 0 aliphatic heterocycles. The molecule has 1 aromatic carbocycles. The number of aromatic nitrogens is 2. The lowest BCUT2D eigenvalue weighted by molar-refractivity contribution is -0.383. The number of nitrogens with zero attached hydrogens (tertiary/aromatic N) is 3. The first kappa shape index (κ1) is 13.8. The lowest BCUT2D eigenvalue weighted by atomic mass is 10.2. The van der Waals surface area contributed by atoms with Crippen molar-refractivity contribution >= 4 is 34.6 Å². The Kier molecular flexibility index (Phi) is 3.85. The maximum absolute atomic E-state index is 10.9. The second-order valence-electron chi connectivity index (χ2n) is 3.94. The number of hydrogen-bond donors (Lipinski definition) is 2. The van der Waals surface area contributed by atoms with Gasteiger partial charge < -0.3 is 11.1 Å². The highest BCUT2D eigenvalue weighted by Crippen LogP contribution is 2.30. The average Bonchev–Trinajstić information content (AvgIpc) is 2.77. The third-order valence-corrected chi connectivity index (χ3v) is 2.62. The van der Waals surface area contributed by atoms with Crippen LogP contribution in [0.5, 0.6) is 0 Å². The van der Waals surface area contributed by atoms with Crippen molar-refractivity contribution in [2.45, 2.75) is 6.54 Å². The van der Waals surface area contributed by atoms with Crippen molar-refractivity contribution in [2.24, 2.45) is 5.73 Å². The van der Waals surface area contributed by atoms with Gasteiger partial charge in [0.2, 0.25) is 5.91 Å². The highest BCUT2D eigenvalue weighted by molar-refractivity contribution is 6.30. The van der Waals surface area contributed by atoms with Crippen molar-refractivity contribution < 1.29 is 9.72 Å². The molecule has 3 N–H and O–H groups in total. The summed E-state index contributed by atoms with van der Waals surface area (Å²) < 4.78 is 1.33. The molecular formula is C11H10ClN5O3. The molecule has 20 heavy (non-hydrogen) atoms. The molecular weight excluding hydrogens is 286 g/mol. The van der Waals surface area contributed by atoms with E-state index in [1.807, 2.05) is 0 Å². The SMILES string of the molecule is NC(=O)Cn1cc(Nc2ccc(Cl)cc2[N+](=O)[O-])cn1. The van der Waals surface area contributed by atoms with Crippen LogP contribution in [0.4, 0.5) is 17.1 Å². The van der Waals surface area contributed by atoms with Gasteiger partial charge in [0.1, 0.15) is 12.2 Å². The van der Waals surface area contributed by atoms with Crippen molar-refractivity contribution in [2.75, 3.05) is 5.32 Å². The molecule has 0 saturated heterocycles. The number of nitro benzene ring substituents is 1. The smallest absolute Gasteiger partial charge is 0.294 e. The Balaban J connectivity index is 2.23. The van der Waals surface area contributed by atoms with Crippen molar-refractivity contribution in [1.82, 2.24) is 9.78 Å². The van der Waals surface area contributed by atoms with E-state index < -0.39 is 10.8 Å². The second kappa shape index (κ2) is 5.57. The number of halogens is 1. The Morgan fingerprint density at radius 2 is 2.30 bits per heavy atom. The molecule has 2 rings (SSSR count). The van der Waals surface area contributed by atoms with Crippen LogP contribution in [-0.2, 0) is 11.3 Å². The number of nitrogens with one attached hydrogen (secondary N) is 1. The molecule has 1 heterocycles. The lowest BCUT2D eigenvalue weighted by Gasteiger charge is -2.04. The summed E-state index contributed by atoms with van der Waals surface area (Å²) >= 11 is 5.73. The Morgan fingerprint density at radius 3 is 2.95 bits per heavy atom. The zero-order chi connectivity index (χ0) is 14.7. The van der Waals surface area contributed by atoms with E-state index in [0.717, 1.165) is 0 Å². The molecule has 9 heteroatoms. The number of rotatable bonds is 5. The molecule has 2 aromatic rings. The van der Waals surface area contributed by atoms with Gasteiger partial charge in [-0.3, -0.25) is 19.6 Å². The first-order valence-electron chi connectivity index (χ1n) is 5.47. The zero-order valence-corrected chi connectivity index (χ0v) is 10.9. The number of anilines is 2. The molecule has 0 fully saturated rings. The fourth-order valence-corrected chi connectivity index (χ4v) is 1.76. The molecule has 0 aliphatic carbocycles. The average molecular weight is 296 g/mol. The van der Waals surface area contributed by atoms with E-state index in [2.05, 4.69) is 10.4 Å². The first-order chi connectivity index (χ1) is 9.45. The zero-order valence-electron chi connectivity index (χ0n) is 10.1. The molecule has 0 aliphatic rings. The number of nitrogens with two attached hydrogens (primary N) is 1. The van der Waals surface area contributed by atoms with Crippen LogP contribution in [-0.4, -0.2) is 20.6 Å². The van der Waals surface area contributed by atoms with Gasteiger partial charge in [-0.25, -0.2) is 0 Å². The Morgan fingerprint density at radius 1 is 1.55 bits per heavy atom. The minimum absolute atomic E-state index is 0.0651. The predicted octanol–water partition coefficient (Wildman–Crippen LogP) is 1.67. The van der Waals surface area contributed by atoms with E-state index in [4.69, 9.17) is 17.3 Å². The van der Waals surface area contributed by atoms with Crippen molar-refractivity contribution in [3.63, 3.8) is 0 Å². The standard InChI is InChI=1S/C11H10ClN5O3/c12-7-1-2-9(10(3-7)17(19)20)15-8-4-14-16(5-8)6-11(13)18/h1-5,15H,6H2,(H2,13,18). The monoisotopic (exact) mass is 295 g/mol. The predicted molar refractivity (Wildman–Crippen MR) is 72.8 cm³/mol. The Hall–Kier alpha value is -2.61. The maximum atomic E-state index is 10.9. The second-order valence-corrected chi connectivity index (χ2v) is 4.37. The fourth-order valence-electron chi connectivity index (χ4n) is 1.59. The van der Waals surface area contributed by atoms with E-state index in [1.165, 1.54) is 35.3 Å². The van der Waals surface area contributed by atoms with Gasteiger partial charge in [0.15, 0.2) is 0 Å². The van der Waals surface area contributed by atoms with Crippen LogP contribution in [0.3, 0.4) is 0 Å². The van der Waals surface area contributed by atoms with Crippen LogP contribution in [0.15, 0.2) is 30.6 Å². The summed E-state index contributed by atoms with van der Waals surface area (Å²) in [6, 6.07) is 4.27. The summed E-state index contributed by atoms with van der Waals surface area (Å²) in [5.41, 5.74) is 5.66. The molecule has 0 bridgehead atoms. The number of nitro groups is 1. The van der Waals surface area contributed by atoms with Gasteiger partial charge in [-0.1, -0.05) is 11.6 Å². The fraction of sp³-hybridized carbons (Fsp3) is 0.0909. The van der Waals surface area contributed by atoms with E-state index in [9.17, 15) is 14.9 Å². The minimum atomic E-state index is -0.540. The summed E-state index contributed by atoms with van der Waals surface area (Å²) in [6.07, 6.45) is 2.95. The summed E-state index contributed by atoms with van der Waals surface area (Å²) in [5.74, 6) is -0.530. The highest BCUT2D eigenvalue weighted by Gasteiger charge is 2.15. The molecule has 8 nitrogen and oxygen atoms in total. The van der Waals surface area contributed by atoms with Crippen LogP contribution in [0.1, 0.15) is 0 Å². The number of carbonyl (C=O) groups excluding carboxylic acids is 1. The van der Waals surface area contributed by atoms with Crippen LogP contribution in [0, 0.1) is 10.1 Å². The van der Waals surface area contributed by atoms with E-state index >= 15 is 0 Å². The molecule has 104 valence electrons. The van der Waals surface area contributed by atoms with Gasteiger partial charge in [0, 0.05) is 17.3 Å². The van der Waals surface area contributed by atoms with Crippen LogP contribution < -0.4 is 11.1 Å². The minimum Gasteiger partial charge on any atom is -0.368 e. The topological polar surface area (TPSA) is 116 Å². The third-order valence-electron chi connectivity index (χ3n) is 2.39. The normalized spacial score (nSPS) is 10.2. The van der Waals surface area contributed by atoms with Crippen LogP contribution >= 0.6 is 11.6 Å². The number of benzene rings is 1. The van der Waals surface area contributed by atoms with Gasteiger partial charge in [0.25, 0.3) is 5.69 Å². The summed E-state index contributed by atoms with van der Waals surface area (Å²) in [5, 5.41) is 18.0. The maximum Gasteiger partial charge on any atom is 0.294 e. The molecule has 0 radical (unpaired) electrons. The molecule has 0 unspecified atom stereocenters. The van der Waals surface area contributed by atoms with Crippen LogP contribution in [0.2, 0.25) is 5.02 Å². The molecule has 0 atom stereocenters. The van der Waals surface area contributed by atoms with E-state index in [1.54, 1.807) is 0 Å². The first-order valence-corrected chi connectivity index (χ1v) is 5.85. The van der Waals surface area contributed by atoms with Gasteiger partial charge in [-0.15, -0.1) is 0 Å². The largest absolute Gasteiger partial charge is 0.368 e. The lowest BCUT2D eigenvalue weighted by Crippen LogP contribution is -2.18. The van der Waals surface area contributed by atoms with Crippen molar-refractivity contribution in [3.05, 3.63) is 45.7 Å². The van der Waals surface area contributed by atoms with Gasteiger partial charge >= 0.3 is 0 Å². The third kappa shape index (κ3) is 3.23. The summed E-state index contributed by atoms with van der Waals surface area (Å²) in [6.45, 7) is -0.0651. The highest BCUT2D eigenvalue weighted by atomic mass is 35.5. The van der Waals surface area contributed by atoms with E-state index in [-0.39, 0.29) is 22.9 Å². The Labute approximate surface area is 118 Å². The van der Waals surface area contributed by atoms with Crippen LogP contribution in [0.25, 0.3) is 0 Å². The number of carbonyl (C=O) groups is 1. The molecule has 1 aromatic heterocycles. The number of primary amides is 1. The quantitative estimate of drug-likeness (QED) is 0.643. The van der Waals surface area contributed by atoms with Crippen molar-refractivity contribution in [3.8, 4) is 0 Å². The molecule has 0 saturated carbocycles. The molecule has 0 spiro atoms. The Bertz CT molecular complexity index is 670. The van der Waals surface area contributed by atoms with Gasteiger partial charge in [-0.2, -0.15) is 5.10 Å². The molecule has 1 amide bonds. The van der Waals surface area contributed by atoms with E-state index in [0.29, 0.717) is 5.69 Å².